The van der Waals surface area contributed by atoms with Crippen molar-refractivity contribution in [3.8, 4) is 0 Å². The van der Waals surface area contributed by atoms with E-state index in [1.807, 2.05) is 13.8 Å². The third-order valence-corrected chi connectivity index (χ3v) is 3.38. The summed E-state index contributed by atoms with van der Waals surface area (Å²) in [5.41, 5.74) is 2.30. The molecule has 0 unspecified atom stereocenters. The fourth-order valence-electron chi connectivity index (χ4n) is 2.36. The Morgan fingerprint density at radius 2 is 1.72 bits per heavy atom. The van der Waals surface area contributed by atoms with Crippen LogP contribution in [0.1, 0.15) is 36.2 Å². The van der Waals surface area contributed by atoms with E-state index in [0.29, 0.717) is 0 Å². The zero-order valence-corrected chi connectivity index (χ0v) is 10.9. The number of rotatable bonds is 3. The second kappa shape index (κ2) is 5.33. The van der Waals surface area contributed by atoms with Crippen LogP contribution >= 0.6 is 0 Å². The van der Waals surface area contributed by atoms with Crippen LogP contribution in [0.25, 0.3) is 0 Å². The van der Waals surface area contributed by atoms with Crippen molar-refractivity contribution in [1.29, 1.82) is 0 Å². The molecule has 0 atom stereocenters. The summed E-state index contributed by atoms with van der Waals surface area (Å²) < 4.78 is 0. The van der Waals surface area contributed by atoms with E-state index in [1.165, 1.54) is 19.3 Å². The molecule has 0 aliphatic carbocycles. The second-order valence-corrected chi connectivity index (χ2v) is 4.79. The van der Waals surface area contributed by atoms with Crippen LogP contribution in [0.15, 0.2) is 0 Å². The van der Waals surface area contributed by atoms with Crippen molar-refractivity contribution < 1.29 is 9.90 Å². The summed E-state index contributed by atoms with van der Waals surface area (Å²) in [4.78, 5) is 21.9. The quantitative estimate of drug-likeness (QED) is 0.883. The number of nitrogens with zero attached hydrogens (tertiary/aromatic N) is 3. The van der Waals surface area contributed by atoms with Crippen LogP contribution in [-0.2, 0) is 11.2 Å². The molecule has 0 aromatic carbocycles. The lowest BCUT2D eigenvalue weighted by atomic mass is 10.1. The number of hydrogen-bond acceptors (Lipinski definition) is 4. The van der Waals surface area contributed by atoms with E-state index in [9.17, 15) is 4.79 Å². The number of hydrogen-bond donors (Lipinski definition) is 1. The summed E-state index contributed by atoms with van der Waals surface area (Å²) in [7, 11) is 0. The van der Waals surface area contributed by atoms with Crippen LogP contribution in [0.3, 0.4) is 0 Å². The van der Waals surface area contributed by atoms with Gasteiger partial charge in [0.15, 0.2) is 0 Å². The molecule has 0 saturated carbocycles. The van der Waals surface area contributed by atoms with Gasteiger partial charge in [0.05, 0.1) is 6.42 Å². The Morgan fingerprint density at radius 3 is 2.22 bits per heavy atom. The third-order valence-electron chi connectivity index (χ3n) is 3.38. The van der Waals surface area contributed by atoms with E-state index in [0.717, 1.165) is 36.0 Å². The number of carboxylic acids is 1. The van der Waals surface area contributed by atoms with Gasteiger partial charge in [0.2, 0.25) is 5.95 Å². The molecule has 1 N–H and O–H groups in total. The molecule has 1 aromatic heterocycles. The maximum Gasteiger partial charge on any atom is 0.307 e. The maximum absolute atomic E-state index is 10.8. The fraction of sp³-hybridized carbons (Fsp3) is 0.615. The summed E-state index contributed by atoms with van der Waals surface area (Å²) in [5, 5.41) is 8.87. The van der Waals surface area contributed by atoms with Gasteiger partial charge in [0.1, 0.15) is 0 Å². The highest BCUT2D eigenvalue weighted by Gasteiger charge is 2.17. The smallest absolute Gasteiger partial charge is 0.307 e. The molecule has 0 bridgehead atoms. The zero-order valence-electron chi connectivity index (χ0n) is 10.9. The number of aromatic nitrogens is 2. The summed E-state index contributed by atoms with van der Waals surface area (Å²) in [6.45, 7) is 5.72. The highest BCUT2D eigenvalue weighted by Crippen LogP contribution is 2.19. The molecule has 0 radical (unpaired) electrons. The van der Waals surface area contributed by atoms with E-state index in [4.69, 9.17) is 5.11 Å². The minimum Gasteiger partial charge on any atom is -0.481 e. The van der Waals surface area contributed by atoms with Gasteiger partial charge in [-0.3, -0.25) is 4.79 Å². The van der Waals surface area contributed by atoms with Crippen LogP contribution in [0.2, 0.25) is 0 Å². The minimum absolute atomic E-state index is 0.00204. The number of aliphatic carboxylic acids is 1. The fourth-order valence-corrected chi connectivity index (χ4v) is 2.36. The molecule has 0 spiro atoms. The third kappa shape index (κ3) is 2.78. The average molecular weight is 249 g/mol. The molecule has 98 valence electrons. The van der Waals surface area contributed by atoms with Crippen LogP contribution in [0, 0.1) is 13.8 Å². The lowest BCUT2D eigenvalue weighted by Gasteiger charge is -2.27. The summed E-state index contributed by atoms with van der Waals surface area (Å²) in [6, 6.07) is 0. The monoisotopic (exact) mass is 249 g/mol. The predicted octanol–water partition coefficient (Wildman–Crippen LogP) is 1.71. The first-order chi connectivity index (χ1) is 8.58. The molecule has 5 nitrogen and oxygen atoms in total. The van der Waals surface area contributed by atoms with E-state index in [1.54, 1.807) is 0 Å². The van der Waals surface area contributed by atoms with Crippen molar-refractivity contribution in [2.45, 2.75) is 39.5 Å². The first-order valence-electron chi connectivity index (χ1n) is 6.39. The molecular formula is C13H19N3O2. The van der Waals surface area contributed by atoms with Crippen molar-refractivity contribution in [2.75, 3.05) is 18.0 Å². The summed E-state index contributed by atoms with van der Waals surface area (Å²) in [5.74, 6) is -0.0886. The Balaban J connectivity index is 2.26. The van der Waals surface area contributed by atoms with E-state index in [2.05, 4.69) is 14.9 Å². The highest BCUT2D eigenvalue weighted by atomic mass is 16.4. The van der Waals surface area contributed by atoms with Gasteiger partial charge in [-0.1, -0.05) is 0 Å². The van der Waals surface area contributed by atoms with Gasteiger partial charge in [0, 0.05) is 30.0 Å². The molecule has 1 aliphatic rings. The van der Waals surface area contributed by atoms with E-state index in [-0.39, 0.29) is 6.42 Å². The van der Waals surface area contributed by atoms with Gasteiger partial charge in [-0.2, -0.15) is 0 Å². The van der Waals surface area contributed by atoms with Gasteiger partial charge in [-0.05, 0) is 33.1 Å². The van der Waals surface area contributed by atoms with Crippen LogP contribution in [0.5, 0.6) is 0 Å². The van der Waals surface area contributed by atoms with Crippen LogP contribution < -0.4 is 4.90 Å². The number of carbonyl (C=O) groups is 1. The molecule has 1 aliphatic heterocycles. The van der Waals surface area contributed by atoms with E-state index >= 15 is 0 Å². The SMILES string of the molecule is Cc1nc(N2CCCCC2)nc(C)c1CC(=O)O. The lowest BCUT2D eigenvalue weighted by Crippen LogP contribution is -2.31. The Kier molecular flexibility index (Phi) is 3.79. The minimum atomic E-state index is -0.837. The van der Waals surface area contributed by atoms with Crippen molar-refractivity contribution in [3.05, 3.63) is 17.0 Å². The lowest BCUT2D eigenvalue weighted by molar-refractivity contribution is -0.136. The first kappa shape index (κ1) is 12.8. The van der Waals surface area contributed by atoms with Gasteiger partial charge in [-0.15, -0.1) is 0 Å². The number of anilines is 1. The van der Waals surface area contributed by atoms with Gasteiger partial charge in [-0.25, -0.2) is 9.97 Å². The van der Waals surface area contributed by atoms with Gasteiger partial charge >= 0.3 is 5.97 Å². The van der Waals surface area contributed by atoms with Gasteiger partial charge in [0.25, 0.3) is 0 Å². The van der Waals surface area contributed by atoms with Crippen molar-refractivity contribution in [1.82, 2.24) is 9.97 Å². The summed E-state index contributed by atoms with van der Waals surface area (Å²) >= 11 is 0. The normalized spacial score (nSPS) is 15.8. The Hall–Kier alpha value is -1.65. The number of piperidine rings is 1. The highest BCUT2D eigenvalue weighted by molar-refractivity contribution is 5.71. The molecule has 18 heavy (non-hydrogen) atoms. The number of aryl methyl sites for hydroxylation is 2. The van der Waals surface area contributed by atoms with Crippen molar-refractivity contribution in [2.24, 2.45) is 0 Å². The topological polar surface area (TPSA) is 66.3 Å². The standard InChI is InChI=1S/C13H19N3O2/c1-9-11(8-12(17)18)10(2)15-13(14-9)16-6-4-3-5-7-16/h3-8H2,1-2H3,(H,17,18). The molecule has 1 aromatic rings. The molecule has 5 heteroatoms. The van der Waals surface area contributed by atoms with E-state index < -0.39 is 5.97 Å². The molecule has 1 fully saturated rings. The van der Waals surface area contributed by atoms with Crippen molar-refractivity contribution >= 4 is 11.9 Å². The largest absolute Gasteiger partial charge is 0.481 e. The first-order valence-corrected chi connectivity index (χ1v) is 6.39. The second-order valence-electron chi connectivity index (χ2n) is 4.79. The average Bonchev–Trinajstić information content (AvgIpc) is 2.34. The maximum atomic E-state index is 10.8. The predicted molar refractivity (Wildman–Crippen MR) is 68.9 cm³/mol. The Labute approximate surface area is 107 Å². The van der Waals surface area contributed by atoms with Crippen molar-refractivity contribution in [3.63, 3.8) is 0 Å². The van der Waals surface area contributed by atoms with Gasteiger partial charge < -0.3 is 10.0 Å². The zero-order chi connectivity index (χ0) is 13.1. The van der Waals surface area contributed by atoms with Crippen LogP contribution in [0.4, 0.5) is 5.95 Å². The molecule has 0 amide bonds. The Bertz CT molecular complexity index is 431. The molecular weight excluding hydrogens is 230 g/mol. The summed E-state index contributed by atoms with van der Waals surface area (Å²) in [6.07, 6.45) is 3.63. The molecule has 1 saturated heterocycles. The number of carboxylic acid groups (broad SMARTS) is 1. The van der Waals surface area contributed by atoms with Crippen LogP contribution in [-0.4, -0.2) is 34.1 Å². The molecule has 2 rings (SSSR count). The molecule has 2 heterocycles. The Morgan fingerprint density at radius 1 is 1.17 bits per heavy atom.